The summed E-state index contributed by atoms with van der Waals surface area (Å²) in [6.07, 6.45) is 0. The van der Waals surface area contributed by atoms with Crippen LogP contribution in [-0.2, 0) is 4.79 Å². The summed E-state index contributed by atoms with van der Waals surface area (Å²) < 4.78 is 0. The molecule has 0 radical (unpaired) electrons. The fourth-order valence-corrected chi connectivity index (χ4v) is 2.50. The predicted molar refractivity (Wildman–Crippen MR) is 78.8 cm³/mol. The van der Waals surface area contributed by atoms with Crippen LogP contribution in [0.2, 0.25) is 0 Å². The number of nitrogens with one attached hydrogen (secondary N) is 2. The Morgan fingerprint density at radius 3 is 2.35 bits per heavy atom. The Balaban J connectivity index is 2.53. The average molecular weight is 313 g/mol. The van der Waals surface area contributed by atoms with Gasteiger partial charge >= 0.3 is 6.03 Å². The second-order valence-electron chi connectivity index (χ2n) is 4.63. The monoisotopic (exact) mass is 312 g/mol. The van der Waals surface area contributed by atoms with Gasteiger partial charge in [0.1, 0.15) is 4.84 Å². The zero-order valence-electron chi connectivity index (χ0n) is 11.0. The summed E-state index contributed by atoms with van der Waals surface area (Å²) in [5.41, 5.74) is 2.52. The van der Waals surface area contributed by atoms with E-state index in [9.17, 15) is 9.59 Å². The lowest BCUT2D eigenvalue weighted by atomic mass is 9.92. The fraction of sp³-hybridized carbons (Fsp3) is 0.286. The first kappa shape index (κ1) is 14.9. The molecule has 0 fully saturated rings. The molecule has 6 heteroatoms. The molecule has 0 spiro atoms. The minimum absolute atomic E-state index is 0.190. The number of carbonyl (C=O) groups is 2. The summed E-state index contributed by atoms with van der Waals surface area (Å²) in [6, 6.07) is 6.59. The van der Waals surface area contributed by atoms with Crippen molar-refractivity contribution < 1.29 is 9.59 Å². The molecule has 1 aliphatic rings. The van der Waals surface area contributed by atoms with Gasteiger partial charge in [0, 0.05) is 5.57 Å². The van der Waals surface area contributed by atoms with Crippen molar-refractivity contribution in [3.8, 4) is 0 Å². The molecule has 1 aliphatic heterocycles. The molecule has 1 aromatic carbocycles. The highest BCUT2D eigenvalue weighted by atomic mass is 35.5. The van der Waals surface area contributed by atoms with Gasteiger partial charge in [0.2, 0.25) is 0 Å². The number of benzene rings is 1. The van der Waals surface area contributed by atoms with Crippen molar-refractivity contribution >= 4 is 35.0 Å². The lowest BCUT2D eigenvalue weighted by Crippen LogP contribution is -2.46. The topological polar surface area (TPSA) is 58.2 Å². The molecule has 20 heavy (non-hydrogen) atoms. The first-order valence-corrected chi connectivity index (χ1v) is 6.94. The van der Waals surface area contributed by atoms with E-state index < -0.39 is 16.9 Å². The minimum Gasteiger partial charge on any atom is -0.327 e. The van der Waals surface area contributed by atoms with Crippen LogP contribution < -0.4 is 10.6 Å². The van der Waals surface area contributed by atoms with Gasteiger partial charge in [0.15, 0.2) is 5.78 Å². The molecule has 2 N–H and O–H groups in total. The number of alkyl halides is 2. The lowest BCUT2D eigenvalue weighted by Gasteiger charge is -2.29. The van der Waals surface area contributed by atoms with Crippen LogP contribution in [0.3, 0.4) is 0 Å². The van der Waals surface area contributed by atoms with Crippen LogP contribution in [0.15, 0.2) is 35.5 Å². The molecule has 1 aromatic rings. The largest absolute Gasteiger partial charge is 0.327 e. The van der Waals surface area contributed by atoms with Gasteiger partial charge in [-0.3, -0.25) is 4.79 Å². The molecule has 2 rings (SSSR count). The Labute approximate surface area is 127 Å². The van der Waals surface area contributed by atoms with Crippen molar-refractivity contribution in [2.45, 2.75) is 24.7 Å². The van der Waals surface area contributed by atoms with Crippen LogP contribution in [0, 0.1) is 6.92 Å². The standard InChI is InChI=1S/C14H14Cl2N2O2/c1-7-3-5-9(6-4-7)11-10(8(2)19)12(13(15)16)18-14(20)17-11/h3-6,11,13H,1-2H3,(H2,17,18,20). The maximum Gasteiger partial charge on any atom is 0.319 e. The summed E-state index contributed by atoms with van der Waals surface area (Å²) in [4.78, 5) is 22.7. The van der Waals surface area contributed by atoms with Gasteiger partial charge < -0.3 is 10.6 Å². The molecular weight excluding hydrogens is 299 g/mol. The maximum atomic E-state index is 11.9. The number of urea groups is 1. The van der Waals surface area contributed by atoms with E-state index in [4.69, 9.17) is 23.2 Å². The maximum absolute atomic E-state index is 11.9. The highest BCUT2D eigenvalue weighted by Crippen LogP contribution is 2.30. The van der Waals surface area contributed by atoms with Gasteiger partial charge in [0.25, 0.3) is 0 Å². The number of amides is 2. The van der Waals surface area contributed by atoms with Crippen LogP contribution in [-0.4, -0.2) is 16.7 Å². The van der Waals surface area contributed by atoms with Gasteiger partial charge in [-0.1, -0.05) is 53.0 Å². The Morgan fingerprint density at radius 2 is 1.85 bits per heavy atom. The smallest absolute Gasteiger partial charge is 0.319 e. The van der Waals surface area contributed by atoms with Gasteiger partial charge in [0.05, 0.1) is 11.7 Å². The van der Waals surface area contributed by atoms with Crippen LogP contribution in [0.5, 0.6) is 0 Å². The number of Topliss-reactive ketones (excluding diaryl/α,β-unsaturated/α-hetero) is 1. The molecule has 4 nitrogen and oxygen atoms in total. The first-order chi connectivity index (χ1) is 9.40. The first-order valence-electron chi connectivity index (χ1n) is 6.07. The zero-order chi connectivity index (χ0) is 14.9. The van der Waals surface area contributed by atoms with Gasteiger partial charge in [-0.05, 0) is 19.4 Å². The van der Waals surface area contributed by atoms with E-state index in [1.165, 1.54) is 6.92 Å². The summed E-state index contributed by atoms with van der Waals surface area (Å²) in [5.74, 6) is -0.190. The van der Waals surface area contributed by atoms with Crippen molar-refractivity contribution in [2.75, 3.05) is 0 Å². The molecule has 1 unspecified atom stereocenters. The van der Waals surface area contributed by atoms with Gasteiger partial charge in [-0.2, -0.15) is 0 Å². The van der Waals surface area contributed by atoms with E-state index in [-0.39, 0.29) is 11.5 Å². The number of ketones is 1. The quantitative estimate of drug-likeness (QED) is 0.843. The Morgan fingerprint density at radius 1 is 1.25 bits per heavy atom. The van der Waals surface area contributed by atoms with E-state index in [2.05, 4.69) is 10.6 Å². The number of carbonyl (C=O) groups excluding carboxylic acids is 2. The fourth-order valence-electron chi connectivity index (χ4n) is 2.16. The normalized spacial score (nSPS) is 18.9. The predicted octanol–water partition coefficient (Wildman–Crippen LogP) is 3.00. The third kappa shape index (κ3) is 2.97. The third-order valence-corrected chi connectivity index (χ3v) is 3.55. The Kier molecular flexibility index (Phi) is 4.35. The van der Waals surface area contributed by atoms with Crippen molar-refractivity contribution in [3.63, 3.8) is 0 Å². The lowest BCUT2D eigenvalue weighted by molar-refractivity contribution is -0.114. The van der Waals surface area contributed by atoms with Crippen molar-refractivity contribution in [2.24, 2.45) is 0 Å². The SMILES string of the molecule is CC(=O)C1=C(C(Cl)Cl)NC(=O)NC1c1ccc(C)cc1. The second-order valence-corrected chi connectivity index (χ2v) is 5.72. The Bertz CT molecular complexity index is 579. The minimum atomic E-state index is -0.965. The van der Waals surface area contributed by atoms with Crippen molar-refractivity contribution in [3.05, 3.63) is 46.7 Å². The number of halogens is 2. The van der Waals surface area contributed by atoms with E-state index in [0.717, 1.165) is 11.1 Å². The molecule has 2 amide bonds. The number of allylic oxidation sites excluding steroid dienone is 1. The number of hydrogen-bond donors (Lipinski definition) is 2. The Hall–Kier alpha value is -1.52. The van der Waals surface area contributed by atoms with Crippen LogP contribution in [0.1, 0.15) is 24.1 Å². The van der Waals surface area contributed by atoms with E-state index in [0.29, 0.717) is 5.57 Å². The highest BCUT2D eigenvalue weighted by Gasteiger charge is 2.32. The summed E-state index contributed by atoms with van der Waals surface area (Å²) in [7, 11) is 0. The second kappa shape index (κ2) is 5.85. The molecule has 1 heterocycles. The van der Waals surface area contributed by atoms with Crippen LogP contribution in [0.25, 0.3) is 0 Å². The van der Waals surface area contributed by atoms with E-state index in [1.807, 2.05) is 31.2 Å². The molecule has 1 atom stereocenters. The molecule has 0 saturated carbocycles. The molecule has 0 bridgehead atoms. The summed E-state index contributed by atoms with van der Waals surface area (Å²) in [5, 5.41) is 5.23. The van der Waals surface area contributed by atoms with Crippen molar-refractivity contribution in [1.29, 1.82) is 0 Å². The molecule has 0 saturated heterocycles. The highest BCUT2D eigenvalue weighted by molar-refractivity contribution is 6.46. The molecule has 0 aromatic heterocycles. The molecular formula is C14H14Cl2N2O2. The number of aryl methyl sites for hydroxylation is 1. The van der Waals surface area contributed by atoms with Crippen LogP contribution >= 0.6 is 23.2 Å². The summed E-state index contributed by atoms with van der Waals surface area (Å²) in [6.45, 7) is 3.39. The zero-order valence-corrected chi connectivity index (χ0v) is 12.5. The van der Waals surface area contributed by atoms with Crippen molar-refractivity contribution in [1.82, 2.24) is 10.6 Å². The van der Waals surface area contributed by atoms with E-state index in [1.54, 1.807) is 0 Å². The van der Waals surface area contributed by atoms with Gasteiger partial charge in [-0.25, -0.2) is 4.79 Å². The van der Waals surface area contributed by atoms with Gasteiger partial charge in [-0.15, -0.1) is 0 Å². The molecule has 0 aliphatic carbocycles. The van der Waals surface area contributed by atoms with E-state index >= 15 is 0 Å². The summed E-state index contributed by atoms with van der Waals surface area (Å²) >= 11 is 11.7. The number of rotatable bonds is 3. The molecule has 106 valence electrons. The third-order valence-electron chi connectivity index (χ3n) is 3.11. The number of hydrogen-bond acceptors (Lipinski definition) is 2. The van der Waals surface area contributed by atoms with Crippen LogP contribution in [0.4, 0.5) is 4.79 Å². The average Bonchev–Trinajstić information content (AvgIpc) is 2.38.